The van der Waals surface area contributed by atoms with Crippen molar-refractivity contribution in [1.29, 1.82) is 0 Å². The van der Waals surface area contributed by atoms with Gasteiger partial charge in [0.25, 0.3) is 5.91 Å². The summed E-state index contributed by atoms with van der Waals surface area (Å²) in [6.45, 7) is 0.115. The van der Waals surface area contributed by atoms with Crippen molar-refractivity contribution in [3.8, 4) is 0 Å². The highest BCUT2D eigenvalue weighted by atomic mass is 16.5. The Morgan fingerprint density at radius 3 is 1.97 bits per heavy atom. The van der Waals surface area contributed by atoms with Gasteiger partial charge in [-0.15, -0.1) is 0 Å². The van der Waals surface area contributed by atoms with Crippen molar-refractivity contribution in [2.24, 2.45) is 10.5 Å². The second kappa shape index (κ2) is 6.66. The van der Waals surface area contributed by atoms with E-state index in [-0.39, 0.29) is 18.2 Å². The van der Waals surface area contributed by atoms with Crippen LogP contribution in [0.15, 0.2) is 84.0 Å². The lowest BCUT2D eigenvalue weighted by Gasteiger charge is -2.55. The number of imide groups is 1. The van der Waals surface area contributed by atoms with Gasteiger partial charge in [-0.2, -0.15) is 5.10 Å². The van der Waals surface area contributed by atoms with Gasteiger partial charge in [-0.05, 0) is 27.8 Å². The van der Waals surface area contributed by atoms with Crippen LogP contribution in [0.25, 0.3) is 0 Å². The lowest BCUT2D eigenvalue weighted by Crippen LogP contribution is -2.69. The minimum Gasteiger partial charge on any atom is -0.464 e. The molecule has 2 aliphatic heterocycles. The second-order valence-corrected chi connectivity index (χ2v) is 9.49. The zero-order valence-electron chi connectivity index (χ0n) is 18.9. The van der Waals surface area contributed by atoms with Gasteiger partial charge in [0.2, 0.25) is 5.91 Å². The molecular formula is C28H21N3O4. The molecule has 5 aliphatic rings. The molecule has 1 saturated heterocycles. The van der Waals surface area contributed by atoms with Crippen molar-refractivity contribution in [2.75, 3.05) is 7.11 Å². The second-order valence-electron chi connectivity index (χ2n) is 9.49. The SMILES string of the molecule is COC(=O)C1=NN[C@@]23C(=O)N(Cc4ccccc4)C(=O)[C@@]12C1c2ccccc2C3c2ccccc21. The topological polar surface area (TPSA) is 88.1 Å². The quantitative estimate of drug-likeness (QED) is 0.477. The summed E-state index contributed by atoms with van der Waals surface area (Å²) in [6.07, 6.45) is 0. The number of nitrogens with zero attached hydrogens (tertiary/aromatic N) is 2. The van der Waals surface area contributed by atoms with Crippen LogP contribution in [-0.4, -0.2) is 41.0 Å². The van der Waals surface area contributed by atoms with E-state index in [1.165, 1.54) is 12.0 Å². The molecule has 2 amide bonds. The Morgan fingerprint density at radius 2 is 1.40 bits per heavy atom. The minimum absolute atomic E-state index is 0.0343. The fourth-order valence-electron chi connectivity index (χ4n) is 6.97. The summed E-state index contributed by atoms with van der Waals surface area (Å²) < 4.78 is 5.11. The third-order valence-electron chi connectivity index (χ3n) is 8.17. The van der Waals surface area contributed by atoms with E-state index in [0.29, 0.717) is 0 Å². The van der Waals surface area contributed by atoms with Crippen molar-refractivity contribution in [3.63, 3.8) is 0 Å². The molecule has 0 spiro atoms. The van der Waals surface area contributed by atoms with Crippen LogP contribution in [0.5, 0.6) is 0 Å². The van der Waals surface area contributed by atoms with Gasteiger partial charge in [-0.3, -0.25) is 19.9 Å². The summed E-state index contributed by atoms with van der Waals surface area (Å²) >= 11 is 0. The van der Waals surface area contributed by atoms with Crippen LogP contribution in [0, 0.1) is 5.41 Å². The largest absolute Gasteiger partial charge is 0.464 e. The number of methoxy groups -OCH3 is 1. The van der Waals surface area contributed by atoms with Crippen LogP contribution >= 0.6 is 0 Å². The number of rotatable bonds is 3. The first-order valence-corrected chi connectivity index (χ1v) is 11.6. The molecule has 2 bridgehead atoms. The Hall–Kier alpha value is -4.26. The van der Waals surface area contributed by atoms with Gasteiger partial charge in [0.1, 0.15) is 5.41 Å². The Labute approximate surface area is 201 Å². The normalized spacial score (nSPS) is 29.1. The number of likely N-dealkylation sites (tertiary alicyclic amines) is 1. The fourth-order valence-corrected chi connectivity index (χ4v) is 6.97. The summed E-state index contributed by atoms with van der Waals surface area (Å²) in [5.74, 6) is -2.55. The number of esters is 1. The van der Waals surface area contributed by atoms with E-state index in [1.54, 1.807) is 0 Å². The van der Waals surface area contributed by atoms with Crippen molar-refractivity contribution >= 4 is 23.5 Å². The van der Waals surface area contributed by atoms with E-state index in [1.807, 2.05) is 78.9 Å². The van der Waals surface area contributed by atoms with E-state index < -0.39 is 34.7 Å². The zero-order valence-corrected chi connectivity index (χ0v) is 18.9. The van der Waals surface area contributed by atoms with Gasteiger partial charge in [-0.25, -0.2) is 4.79 Å². The van der Waals surface area contributed by atoms with Gasteiger partial charge in [0, 0.05) is 11.8 Å². The predicted molar refractivity (Wildman–Crippen MR) is 126 cm³/mol. The number of carbonyl (C=O) groups is 3. The number of nitrogens with one attached hydrogen (secondary N) is 1. The first-order valence-electron chi connectivity index (χ1n) is 11.6. The van der Waals surface area contributed by atoms with Crippen molar-refractivity contribution in [3.05, 3.63) is 107 Å². The number of carbonyl (C=O) groups excluding carboxylic acids is 3. The molecule has 35 heavy (non-hydrogen) atoms. The summed E-state index contributed by atoms with van der Waals surface area (Å²) in [4.78, 5) is 43.5. The number of hydrogen-bond acceptors (Lipinski definition) is 6. The van der Waals surface area contributed by atoms with Gasteiger partial charge in [-0.1, -0.05) is 78.9 Å². The fraction of sp³-hybridized carbons (Fsp3) is 0.214. The summed E-state index contributed by atoms with van der Waals surface area (Å²) in [5, 5.41) is 4.39. The summed E-state index contributed by atoms with van der Waals surface area (Å²) in [6, 6.07) is 25.2. The molecule has 0 unspecified atom stereocenters. The van der Waals surface area contributed by atoms with Crippen molar-refractivity contribution < 1.29 is 19.1 Å². The van der Waals surface area contributed by atoms with Gasteiger partial charge in [0.05, 0.1) is 13.7 Å². The molecule has 172 valence electrons. The molecule has 3 aromatic carbocycles. The Kier molecular flexibility index (Phi) is 3.83. The van der Waals surface area contributed by atoms with Crippen LogP contribution in [-0.2, 0) is 25.7 Å². The van der Waals surface area contributed by atoms with Crippen molar-refractivity contribution in [1.82, 2.24) is 10.3 Å². The van der Waals surface area contributed by atoms with E-state index >= 15 is 0 Å². The summed E-state index contributed by atoms with van der Waals surface area (Å²) in [7, 11) is 1.27. The first-order chi connectivity index (χ1) is 17.1. The molecule has 1 fully saturated rings. The molecular weight excluding hydrogens is 442 g/mol. The average molecular weight is 463 g/mol. The lowest BCUT2D eigenvalue weighted by atomic mass is 9.43. The Balaban J connectivity index is 1.55. The number of ether oxygens (including phenoxy) is 1. The standard InChI is InChI=1S/C28H21N3O4/c1-35-24(32)23-27-21-17-11-5-7-13-19(17)22(20-14-8-6-12-18(20)21)28(27,30-29-23)26(34)31(25(27)33)15-16-9-3-2-4-10-16/h2-14,21-22,30H,15H2,1H3/t21?,22?,27-,28+/m1/s1. The van der Waals surface area contributed by atoms with Gasteiger partial charge >= 0.3 is 5.97 Å². The van der Waals surface area contributed by atoms with Crippen LogP contribution in [0.3, 0.4) is 0 Å². The molecule has 0 radical (unpaired) electrons. The van der Waals surface area contributed by atoms with Gasteiger partial charge in [0.15, 0.2) is 11.3 Å². The maximum Gasteiger partial charge on any atom is 0.355 e. The Morgan fingerprint density at radius 1 is 0.857 bits per heavy atom. The van der Waals surface area contributed by atoms with Crippen LogP contribution in [0.2, 0.25) is 0 Å². The lowest BCUT2D eigenvalue weighted by molar-refractivity contribution is -0.142. The van der Waals surface area contributed by atoms with Crippen molar-refractivity contribution in [2.45, 2.75) is 23.9 Å². The van der Waals surface area contributed by atoms with Crippen LogP contribution in [0.1, 0.15) is 39.7 Å². The van der Waals surface area contributed by atoms with E-state index in [9.17, 15) is 14.4 Å². The molecule has 2 heterocycles. The zero-order chi connectivity index (χ0) is 23.9. The van der Waals surface area contributed by atoms with Gasteiger partial charge < -0.3 is 4.74 Å². The average Bonchev–Trinajstić information content (AvgIpc) is 3.37. The van der Waals surface area contributed by atoms with Crippen LogP contribution in [0.4, 0.5) is 0 Å². The molecule has 7 nitrogen and oxygen atoms in total. The Bertz CT molecular complexity index is 1430. The van der Waals surface area contributed by atoms with E-state index in [0.717, 1.165) is 27.8 Å². The monoisotopic (exact) mass is 463 g/mol. The number of hydrazone groups is 1. The smallest absolute Gasteiger partial charge is 0.355 e. The molecule has 3 aliphatic carbocycles. The van der Waals surface area contributed by atoms with Crippen LogP contribution < -0.4 is 5.43 Å². The molecule has 1 N–H and O–H groups in total. The summed E-state index contributed by atoms with van der Waals surface area (Å²) in [5.41, 5.74) is 4.71. The number of amides is 2. The number of hydrogen-bond donors (Lipinski definition) is 1. The molecule has 8 rings (SSSR count). The molecule has 7 heteroatoms. The molecule has 2 atom stereocenters. The van der Waals surface area contributed by atoms with E-state index in [4.69, 9.17) is 4.74 Å². The highest BCUT2D eigenvalue weighted by Crippen LogP contribution is 2.70. The highest BCUT2D eigenvalue weighted by Gasteiger charge is 2.84. The first kappa shape index (κ1) is 20.1. The predicted octanol–water partition coefficient (Wildman–Crippen LogP) is 2.70. The highest BCUT2D eigenvalue weighted by molar-refractivity contribution is 6.47. The molecule has 0 saturated carbocycles. The minimum atomic E-state index is -1.54. The molecule has 0 aromatic heterocycles. The third-order valence-corrected chi connectivity index (χ3v) is 8.17. The molecule has 3 aromatic rings. The van der Waals surface area contributed by atoms with E-state index in [2.05, 4.69) is 10.5 Å². The maximum absolute atomic E-state index is 14.6. The number of benzene rings is 3. The third kappa shape index (κ3) is 2.09. The maximum atomic E-state index is 14.6.